The fourth-order valence-corrected chi connectivity index (χ4v) is 3.43. The Balaban J connectivity index is 1.66. The predicted octanol–water partition coefficient (Wildman–Crippen LogP) is 0.323. The van der Waals surface area contributed by atoms with E-state index in [4.69, 9.17) is 4.74 Å². The summed E-state index contributed by atoms with van der Waals surface area (Å²) in [5, 5.41) is 10.3. The van der Waals surface area contributed by atoms with Crippen LogP contribution >= 0.6 is 0 Å². The van der Waals surface area contributed by atoms with E-state index < -0.39 is 6.10 Å². The third-order valence-electron chi connectivity index (χ3n) is 4.69. The van der Waals surface area contributed by atoms with Gasteiger partial charge in [0.15, 0.2) is 0 Å². The van der Waals surface area contributed by atoms with Gasteiger partial charge >= 0.3 is 0 Å². The van der Waals surface area contributed by atoms with Crippen molar-refractivity contribution < 1.29 is 14.6 Å². The lowest BCUT2D eigenvalue weighted by Gasteiger charge is -2.33. The molecule has 2 saturated heterocycles. The van der Waals surface area contributed by atoms with E-state index in [1.807, 2.05) is 29.9 Å². The summed E-state index contributed by atoms with van der Waals surface area (Å²) < 4.78 is 7.24. The van der Waals surface area contributed by atoms with E-state index in [0.717, 1.165) is 32.6 Å². The molecule has 1 amide bonds. The molecule has 3 heterocycles. The molecule has 2 aliphatic rings. The summed E-state index contributed by atoms with van der Waals surface area (Å²) in [7, 11) is 1.87. The Morgan fingerprint density at radius 1 is 1.27 bits per heavy atom. The van der Waals surface area contributed by atoms with Crippen molar-refractivity contribution in [2.24, 2.45) is 7.05 Å². The average Bonchev–Trinajstić information content (AvgIpc) is 2.85. The smallest absolute Gasteiger partial charge is 0.270 e. The number of aryl methyl sites for hydroxylation is 1. The highest BCUT2D eigenvalue weighted by Crippen LogP contribution is 2.18. The van der Waals surface area contributed by atoms with Crippen LogP contribution in [0, 0.1) is 0 Å². The van der Waals surface area contributed by atoms with Crippen molar-refractivity contribution in [3.05, 3.63) is 24.0 Å². The summed E-state index contributed by atoms with van der Waals surface area (Å²) in [4.78, 5) is 16.7. The zero-order chi connectivity index (χ0) is 15.5. The molecule has 1 unspecified atom stereocenters. The van der Waals surface area contributed by atoms with Crippen molar-refractivity contribution in [3.63, 3.8) is 0 Å². The lowest BCUT2D eigenvalue weighted by molar-refractivity contribution is 0.0217. The number of ether oxygens (including phenoxy) is 1. The van der Waals surface area contributed by atoms with E-state index >= 15 is 0 Å². The third-order valence-corrected chi connectivity index (χ3v) is 4.69. The van der Waals surface area contributed by atoms with Gasteiger partial charge in [0.25, 0.3) is 5.91 Å². The number of rotatable bonds is 2. The molecule has 1 N–H and O–H groups in total. The summed E-state index contributed by atoms with van der Waals surface area (Å²) in [6, 6.07) is 4.17. The first-order chi connectivity index (χ1) is 10.6. The SMILES string of the molecule is Cn1cccc1C(=O)N1CCN(C2CCOCC2)CC(O)C1. The topological polar surface area (TPSA) is 57.9 Å². The molecule has 0 aromatic carbocycles. The third kappa shape index (κ3) is 3.34. The van der Waals surface area contributed by atoms with Crippen LogP contribution < -0.4 is 0 Å². The van der Waals surface area contributed by atoms with Gasteiger partial charge in [-0.2, -0.15) is 0 Å². The molecule has 122 valence electrons. The molecule has 22 heavy (non-hydrogen) atoms. The van der Waals surface area contributed by atoms with Crippen LogP contribution in [0.2, 0.25) is 0 Å². The second-order valence-corrected chi connectivity index (χ2v) is 6.25. The molecule has 3 rings (SSSR count). The van der Waals surface area contributed by atoms with Crippen molar-refractivity contribution in [2.75, 3.05) is 39.4 Å². The second-order valence-electron chi connectivity index (χ2n) is 6.25. The number of hydrogen-bond acceptors (Lipinski definition) is 4. The molecule has 6 heteroatoms. The zero-order valence-electron chi connectivity index (χ0n) is 13.1. The van der Waals surface area contributed by atoms with Gasteiger partial charge in [-0.1, -0.05) is 0 Å². The summed E-state index contributed by atoms with van der Waals surface area (Å²) in [6.07, 6.45) is 3.40. The number of amides is 1. The van der Waals surface area contributed by atoms with Gasteiger partial charge in [-0.05, 0) is 25.0 Å². The van der Waals surface area contributed by atoms with Gasteiger partial charge in [0.05, 0.1) is 6.10 Å². The van der Waals surface area contributed by atoms with E-state index in [-0.39, 0.29) is 5.91 Å². The maximum absolute atomic E-state index is 12.6. The number of aromatic nitrogens is 1. The average molecular weight is 307 g/mol. The fraction of sp³-hybridized carbons (Fsp3) is 0.688. The van der Waals surface area contributed by atoms with Gasteiger partial charge in [-0.25, -0.2) is 0 Å². The normalized spacial score (nSPS) is 25.2. The quantitative estimate of drug-likeness (QED) is 0.855. The largest absolute Gasteiger partial charge is 0.390 e. The number of carbonyl (C=O) groups excluding carboxylic acids is 1. The highest BCUT2D eigenvalue weighted by molar-refractivity contribution is 5.92. The number of aliphatic hydroxyl groups excluding tert-OH is 1. The van der Waals surface area contributed by atoms with Crippen LogP contribution in [0.4, 0.5) is 0 Å². The summed E-state index contributed by atoms with van der Waals surface area (Å²) in [5.41, 5.74) is 0.673. The van der Waals surface area contributed by atoms with E-state index in [1.54, 1.807) is 4.90 Å². The van der Waals surface area contributed by atoms with Crippen LogP contribution in [-0.2, 0) is 11.8 Å². The Hall–Kier alpha value is -1.37. The van der Waals surface area contributed by atoms with Gasteiger partial charge in [-0.15, -0.1) is 0 Å². The first-order valence-electron chi connectivity index (χ1n) is 8.05. The number of β-amino-alcohol motifs (C(OH)–C–C–N with tert-alkyl or cyclic N) is 1. The molecule has 1 aromatic heterocycles. The van der Waals surface area contributed by atoms with Gasteiger partial charge in [0.1, 0.15) is 5.69 Å². The minimum atomic E-state index is -0.491. The Morgan fingerprint density at radius 2 is 2.05 bits per heavy atom. The summed E-state index contributed by atoms with van der Waals surface area (Å²) in [5.74, 6) is 0.000350. The van der Waals surface area contributed by atoms with Crippen molar-refractivity contribution in [3.8, 4) is 0 Å². The second kappa shape index (κ2) is 6.81. The van der Waals surface area contributed by atoms with Crippen molar-refractivity contribution in [1.29, 1.82) is 0 Å². The minimum Gasteiger partial charge on any atom is -0.390 e. The molecule has 0 aliphatic carbocycles. The van der Waals surface area contributed by atoms with E-state index in [0.29, 0.717) is 31.4 Å². The predicted molar refractivity (Wildman–Crippen MR) is 82.7 cm³/mol. The molecule has 6 nitrogen and oxygen atoms in total. The summed E-state index contributed by atoms with van der Waals surface area (Å²) >= 11 is 0. The van der Waals surface area contributed by atoms with Crippen LogP contribution in [0.25, 0.3) is 0 Å². The molecular weight excluding hydrogens is 282 g/mol. The fourth-order valence-electron chi connectivity index (χ4n) is 3.43. The lowest BCUT2D eigenvalue weighted by Crippen LogP contribution is -2.43. The van der Waals surface area contributed by atoms with Gasteiger partial charge in [-0.3, -0.25) is 9.69 Å². The lowest BCUT2D eigenvalue weighted by atomic mass is 10.1. The first kappa shape index (κ1) is 15.5. The zero-order valence-corrected chi connectivity index (χ0v) is 13.1. The monoisotopic (exact) mass is 307 g/mol. The van der Waals surface area contributed by atoms with Gasteiger partial charge < -0.3 is 19.3 Å². The Morgan fingerprint density at radius 3 is 2.73 bits per heavy atom. The van der Waals surface area contributed by atoms with Crippen molar-refractivity contribution in [2.45, 2.75) is 25.0 Å². The van der Waals surface area contributed by atoms with Crippen LogP contribution in [0.3, 0.4) is 0 Å². The molecule has 0 radical (unpaired) electrons. The van der Waals surface area contributed by atoms with Crippen molar-refractivity contribution in [1.82, 2.24) is 14.4 Å². The molecule has 1 atom stereocenters. The molecule has 0 saturated carbocycles. The highest BCUT2D eigenvalue weighted by atomic mass is 16.5. The standard InChI is InChI=1S/C16H25N3O3/c1-17-6-2-3-15(17)16(21)19-8-7-18(11-14(20)12-19)13-4-9-22-10-5-13/h2-3,6,13-14,20H,4-5,7-12H2,1H3. The Labute approximate surface area is 131 Å². The molecule has 1 aromatic rings. The first-order valence-corrected chi connectivity index (χ1v) is 8.05. The van der Waals surface area contributed by atoms with Crippen molar-refractivity contribution >= 4 is 5.91 Å². The van der Waals surface area contributed by atoms with Crippen LogP contribution in [0.15, 0.2) is 18.3 Å². The van der Waals surface area contributed by atoms with E-state index in [9.17, 15) is 9.90 Å². The highest BCUT2D eigenvalue weighted by Gasteiger charge is 2.30. The molecular formula is C16H25N3O3. The molecule has 2 fully saturated rings. The number of hydrogen-bond donors (Lipinski definition) is 1. The van der Waals surface area contributed by atoms with Crippen LogP contribution in [0.5, 0.6) is 0 Å². The summed E-state index contributed by atoms with van der Waals surface area (Å²) in [6.45, 7) is 4.12. The number of nitrogens with zero attached hydrogens (tertiary/aromatic N) is 3. The van der Waals surface area contributed by atoms with E-state index in [1.165, 1.54) is 0 Å². The van der Waals surface area contributed by atoms with E-state index in [2.05, 4.69) is 4.90 Å². The van der Waals surface area contributed by atoms with Crippen LogP contribution in [-0.4, -0.2) is 76.9 Å². The molecule has 0 spiro atoms. The number of carbonyl (C=O) groups is 1. The maximum atomic E-state index is 12.6. The van der Waals surface area contributed by atoms with Gasteiger partial charge in [0, 0.05) is 58.7 Å². The maximum Gasteiger partial charge on any atom is 0.270 e. The van der Waals surface area contributed by atoms with Crippen LogP contribution in [0.1, 0.15) is 23.3 Å². The minimum absolute atomic E-state index is 0.000350. The molecule has 0 bridgehead atoms. The Kier molecular flexibility index (Phi) is 4.81. The number of aliphatic hydroxyl groups is 1. The molecule has 2 aliphatic heterocycles. The Bertz CT molecular complexity index is 510. The van der Waals surface area contributed by atoms with Gasteiger partial charge in [0.2, 0.25) is 0 Å².